The van der Waals surface area contributed by atoms with Gasteiger partial charge in [-0.15, -0.1) is 0 Å². The van der Waals surface area contributed by atoms with E-state index >= 15 is 0 Å². The summed E-state index contributed by atoms with van der Waals surface area (Å²) >= 11 is 0. The third kappa shape index (κ3) is 4.25. The van der Waals surface area contributed by atoms with Crippen molar-refractivity contribution in [3.05, 3.63) is 53.5 Å². The fourth-order valence-corrected chi connectivity index (χ4v) is 4.55. The lowest BCUT2D eigenvalue weighted by atomic mass is 10.1. The van der Waals surface area contributed by atoms with E-state index in [0.29, 0.717) is 44.4 Å². The molecule has 2 amide bonds. The van der Waals surface area contributed by atoms with Gasteiger partial charge in [-0.05, 0) is 49.2 Å². The lowest BCUT2D eigenvalue weighted by Gasteiger charge is -2.36. The van der Waals surface area contributed by atoms with Crippen molar-refractivity contribution in [3.63, 3.8) is 0 Å². The number of hydrogen-bond acceptors (Lipinski definition) is 7. The van der Waals surface area contributed by atoms with Crippen LogP contribution >= 0.6 is 0 Å². The summed E-state index contributed by atoms with van der Waals surface area (Å²) in [6.07, 6.45) is 2.01. The van der Waals surface area contributed by atoms with Crippen LogP contribution in [0, 0.1) is 26.7 Å². The summed E-state index contributed by atoms with van der Waals surface area (Å²) in [7, 11) is 0. The first-order valence-corrected chi connectivity index (χ1v) is 11.6. The second-order valence-corrected chi connectivity index (χ2v) is 9.03. The molecule has 2 saturated heterocycles. The Morgan fingerprint density at radius 1 is 1.03 bits per heavy atom. The highest BCUT2D eigenvalue weighted by atomic mass is 16.5. The first-order chi connectivity index (χ1) is 16.4. The minimum atomic E-state index is -0.295. The molecule has 2 aromatic heterocycles. The van der Waals surface area contributed by atoms with E-state index in [1.807, 2.05) is 42.2 Å². The Morgan fingerprint density at radius 3 is 2.47 bits per heavy atom. The molecule has 4 heterocycles. The molecule has 9 nitrogen and oxygen atoms in total. The molecular formula is C25H28N6O3. The van der Waals surface area contributed by atoms with Gasteiger partial charge in [-0.25, -0.2) is 4.98 Å². The number of aromatic nitrogens is 3. The molecule has 1 atom stereocenters. The van der Waals surface area contributed by atoms with Crippen molar-refractivity contribution in [1.29, 1.82) is 0 Å². The Morgan fingerprint density at radius 2 is 1.82 bits per heavy atom. The summed E-state index contributed by atoms with van der Waals surface area (Å²) in [6.45, 7) is 8.90. The maximum absolute atomic E-state index is 13.2. The number of piperazine rings is 1. The number of anilines is 2. The minimum absolute atomic E-state index is 0.0151. The molecule has 0 spiro atoms. The lowest BCUT2D eigenvalue weighted by Crippen LogP contribution is -2.51. The van der Waals surface area contributed by atoms with Gasteiger partial charge < -0.3 is 19.2 Å². The van der Waals surface area contributed by atoms with Gasteiger partial charge in [0.2, 0.25) is 23.5 Å². The van der Waals surface area contributed by atoms with Crippen molar-refractivity contribution < 1.29 is 14.1 Å². The van der Waals surface area contributed by atoms with Gasteiger partial charge in [-0.3, -0.25) is 9.59 Å². The molecule has 2 aliphatic rings. The Kier molecular flexibility index (Phi) is 5.77. The van der Waals surface area contributed by atoms with E-state index in [0.717, 1.165) is 22.6 Å². The number of rotatable bonds is 4. The minimum Gasteiger partial charge on any atom is -0.353 e. The zero-order chi connectivity index (χ0) is 23.8. The highest BCUT2D eigenvalue weighted by molar-refractivity contribution is 6.00. The predicted molar refractivity (Wildman–Crippen MR) is 127 cm³/mol. The van der Waals surface area contributed by atoms with Crippen LogP contribution in [0.25, 0.3) is 11.4 Å². The molecule has 0 bridgehead atoms. The van der Waals surface area contributed by atoms with Crippen molar-refractivity contribution in [1.82, 2.24) is 20.0 Å². The molecular weight excluding hydrogens is 432 g/mol. The van der Waals surface area contributed by atoms with E-state index in [1.165, 1.54) is 5.56 Å². The van der Waals surface area contributed by atoms with Gasteiger partial charge in [0.25, 0.3) is 0 Å². The first-order valence-electron chi connectivity index (χ1n) is 11.6. The summed E-state index contributed by atoms with van der Waals surface area (Å²) in [5.41, 5.74) is 4.01. The molecule has 0 aliphatic carbocycles. The molecule has 0 saturated carbocycles. The Balaban J connectivity index is 1.18. The van der Waals surface area contributed by atoms with Crippen LogP contribution in [0.3, 0.4) is 0 Å². The number of benzene rings is 1. The fraction of sp³-hybridized carbons (Fsp3) is 0.400. The highest BCUT2D eigenvalue weighted by Gasteiger charge is 2.38. The zero-order valence-electron chi connectivity index (χ0n) is 19.7. The van der Waals surface area contributed by atoms with Gasteiger partial charge >= 0.3 is 0 Å². The Hall–Kier alpha value is -3.75. The summed E-state index contributed by atoms with van der Waals surface area (Å²) in [6, 6.07) is 9.88. The zero-order valence-corrected chi connectivity index (χ0v) is 19.7. The van der Waals surface area contributed by atoms with Gasteiger partial charge in [-0.2, -0.15) is 4.98 Å². The predicted octanol–water partition coefficient (Wildman–Crippen LogP) is 2.76. The molecule has 5 rings (SSSR count). The topological polar surface area (TPSA) is 95.7 Å². The molecule has 3 aromatic rings. The van der Waals surface area contributed by atoms with E-state index in [9.17, 15) is 9.59 Å². The second-order valence-electron chi connectivity index (χ2n) is 9.03. The van der Waals surface area contributed by atoms with E-state index in [4.69, 9.17) is 4.52 Å². The van der Waals surface area contributed by atoms with Gasteiger partial charge in [0.1, 0.15) is 5.82 Å². The largest absolute Gasteiger partial charge is 0.353 e. The molecule has 2 fully saturated rings. The molecule has 1 unspecified atom stereocenters. The normalized spacial score (nSPS) is 18.6. The average Bonchev–Trinajstić information content (AvgIpc) is 3.46. The number of aryl methyl sites for hydroxylation is 3. The van der Waals surface area contributed by atoms with Crippen LogP contribution < -0.4 is 9.80 Å². The van der Waals surface area contributed by atoms with Gasteiger partial charge in [0, 0.05) is 63.5 Å². The summed E-state index contributed by atoms with van der Waals surface area (Å²) in [4.78, 5) is 40.4. The molecule has 1 aromatic carbocycles. The van der Waals surface area contributed by atoms with Crippen LogP contribution in [0.5, 0.6) is 0 Å². The summed E-state index contributed by atoms with van der Waals surface area (Å²) in [5, 5.41) is 3.92. The van der Waals surface area contributed by atoms with E-state index < -0.39 is 0 Å². The van der Waals surface area contributed by atoms with E-state index in [1.54, 1.807) is 18.0 Å². The van der Waals surface area contributed by atoms with Crippen LogP contribution in [-0.2, 0) is 9.59 Å². The molecule has 9 heteroatoms. The van der Waals surface area contributed by atoms with E-state index in [-0.39, 0.29) is 24.2 Å². The summed E-state index contributed by atoms with van der Waals surface area (Å²) < 4.78 is 5.03. The maximum Gasteiger partial charge on any atom is 0.228 e. The van der Waals surface area contributed by atoms with Crippen LogP contribution in [0.1, 0.15) is 23.4 Å². The number of nitrogens with zero attached hydrogens (tertiary/aromatic N) is 6. The molecule has 2 aliphatic heterocycles. The van der Waals surface area contributed by atoms with Gasteiger partial charge in [0.05, 0.1) is 5.92 Å². The van der Waals surface area contributed by atoms with Crippen LogP contribution in [0.2, 0.25) is 0 Å². The van der Waals surface area contributed by atoms with Crippen molar-refractivity contribution in [2.24, 2.45) is 5.92 Å². The van der Waals surface area contributed by atoms with Crippen LogP contribution in [0.4, 0.5) is 11.5 Å². The SMILES string of the molecule is Cc1nc(-c2ccc(N3CCN(C(=O)C4CC(=O)N(c5ccc(C)c(C)c5)C4)CC3)nc2)no1. The standard InChI is InChI=1S/C25H28N6O3/c1-16-4-6-21(12-17(16)2)31-15-20(13-23(31)32)25(33)30-10-8-29(9-11-30)22-7-5-19(14-26-22)24-27-18(3)34-28-24/h4-7,12,14,20H,8-11,13,15H2,1-3H3. The highest BCUT2D eigenvalue weighted by Crippen LogP contribution is 2.28. The van der Waals surface area contributed by atoms with Crippen molar-refractivity contribution in [2.45, 2.75) is 27.2 Å². The first kappa shape index (κ1) is 22.1. The number of amides is 2. The molecule has 0 radical (unpaired) electrons. The average molecular weight is 461 g/mol. The quantitative estimate of drug-likeness (QED) is 0.591. The third-order valence-corrected chi connectivity index (χ3v) is 6.73. The molecule has 34 heavy (non-hydrogen) atoms. The smallest absolute Gasteiger partial charge is 0.228 e. The third-order valence-electron chi connectivity index (χ3n) is 6.73. The monoisotopic (exact) mass is 460 g/mol. The molecule has 176 valence electrons. The van der Waals surface area contributed by atoms with Crippen LogP contribution in [-0.4, -0.2) is 64.6 Å². The number of hydrogen-bond donors (Lipinski definition) is 0. The van der Waals surface area contributed by atoms with Crippen molar-refractivity contribution in [3.8, 4) is 11.4 Å². The maximum atomic E-state index is 13.2. The van der Waals surface area contributed by atoms with Crippen molar-refractivity contribution in [2.75, 3.05) is 42.5 Å². The van der Waals surface area contributed by atoms with Gasteiger partial charge in [-0.1, -0.05) is 11.2 Å². The van der Waals surface area contributed by atoms with E-state index in [2.05, 4.69) is 26.9 Å². The molecule has 0 N–H and O–H groups in total. The van der Waals surface area contributed by atoms with Gasteiger partial charge in [0.15, 0.2) is 0 Å². The number of pyridine rings is 1. The number of carbonyl (C=O) groups is 2. The van der Waals surface area contributed by atoms with Crippen LogP contribution in [0.15, 0.2) is 41.1 Å². The Bertz CT molecular complexity index is 1210. The summed E-state index contributed by atoms with van der Waals surface area (Å²) in [5.74, 6) is 1.68. The Labute approximate surface area is 198 Å². The number of carbonyl (C=O) groups excluding carboxylic acids is 2. The lowest BCUT2D eigenvalue weighted by molar-refractivity contribution is -0.136. The fourth-order valence-electron chi connectivity index (χ4n) is 4.55. The van der Waals surface area contributed by atoms with Crippen molar-refractivity contribution >= 4 is 23.3 Å². The second kappa shape index (κ2) is 8.89.